The van der Waals surface area contributed by atoms with E-state index in [0.29, 0.717) is 18.8 Å². The summed E-state index contributed by atoms with van der Waals surface area (Å²) in [5.41, 5.74) is 1.83. The van der Waals surface area contributed by atoms with E-state index in [1.807, 2.05) is 37.2 Å². The lowest BCUT2D eigenvalue weighted by Crippen LogP contribution is -2.38. The van der Waals surface area contributed by atoms with Crippen molar-refractivity contribution in [1.82, 2.24) is 15.2 Å². The third kappa shape index (κ3) is 7.58. The van der Waals surface area contributed by atoms with Crippen LogP contribution >= 0.6 is 11.3 Å². The molecule has 0 aliphatic carbocycles. The Morgan fingerprint density at radius 1 is 1.38 bits per heavy atom. The molecule has 1 heterocycles. The molecule has 0 aliphatic heterocycles. The average Bonchev–Trinajstić information content (AvgIpc) is 3.17. The summed E-state index contributed by atoms with van der Waals surface area (Å²) >= 11 is 1.58. The molecule has 0 fully saturated rings. The van der Waals surface area contributed by atoms with Crippen LogP contribution in [0.2, 0.25) is 0 Å². The summed E-state index contributed by atoms with van der Waals surface area (Å²) in [6.45, 7) is 5.09. The van der Waals surface area contributed by atoms with Crippen molar-refractivity contribution in [3.63, 3.8) is 0 Å². The number of hydrogen-bond donors (Lipinski definition) is 1. The number of rotatable bonds is 10. The number of hydrogen-bond acceptors (Lipinski definition) is 5. The molecular formula is C20H28F2N4O2S. The highest BCUT2D eigenvalue weighted by atomic mass is 32.1. The van der Waals surface area contributed by atoms with Gasteiger partial charge in [0.2, 0.25) is 0 Å². The smallest absolute Gasteiger partial charge is 0.272 e. The van der Waals surface area contributed by atoms with Crippen molar-refractivity contribution in [2.45, 2.75) is 39.5 Å². The van der Waals surface area contributed by atoms with Gasteiger partial charge in [-0.2, -0.15) is 0 Å². The molecule has 1 N–H and O–H groups in total. The van der Waals surface area contributed by atoms with Crippen molar-refractivity contribution in [2.75, 3.05) is 27.3 Å². The lowest BCUT2D eigenvalue weighted by atomic mass is 10.2. The molecule has 6 nitrogen and oxygen atoms in total. The molecule has 2 aromatic rings. The minimum Gasteiger partial charge on any atom is -0.488 e. The molecule has 0 radical (unpaired) electrons. The number of thiazole rings is 1. The van der Waals surface area contributed by atoms with E-state index in [1.54, 1.807) is 36.6 Å². The summed E-state index contributed by atoms with van der Waals surface area (Å²) in [7, 11) is 3.61. The maximum absolute atomic E-state index is 12.3. The molecule has 1 unspecified atom stereocenters. The third-order valence-corrected chi connectivity index (χ3v) is 5.11. The largest absolute Gasteiger partial charge is 0.488 e. The van der Waals surface area contributed by atoms with Gasteiger partial charge >= 0.3 is 0 Å². The lowest BCUT2D eigenvalue weighted by Gasteiger charge is -2.21. The highest BCUT2D eigenvalue weighted by Gasteiger charge is 2.13. The van der Waals surface area contributed by atoms with Gasteiger partial charge in [-0.3, -0.25) is 0 Å². The zero-order valence-electron chi connectivity index (χ0n) is 17.2. The monoisotopic (exact) mass is 426 g/mol. The quantitative estimate of drug-likeness (QED) is 0.458. The predicted molar refractivity (Wildman–Crippen MR) is 112 cm³/mol. The summed E-state index contributed by atoms with van der Waals surface area (Å²) < 4.78 is 35.0. The molecule has 29 heavy (non-hydrogen) atoms. The summed E-state index contributed by atoms with van der Waals surface area (Å²) in [6, 6.07) is 7.05. The lowest BCUT2D eigenvalue weighted by molar-refractivity contribution is 0.0818. The number of alkyl halides is 2. The second-order valence-corrected chi connectivity index (χ2v) is 7.32. The topological polar surface area (TPSA) is 59.0 Å². The predicted octanol–water partition coefficient (Wildman–Crippen LogP) is 4.09. The van der Waals surface area contributed by atoms with Crippen LogP contribution in [0, 0.1) is 0 Å². The normalized spacial score (nSPS) is 12.9. The fourth-order valence-corrected chi connectivity index (χ4v) is 3.37. The van der Waals surface area contributed by atoms with Gasteiger partial charge in [-0.1, -0.05) is 12.1 Å². The Hall–Kier alpha value is -2.26. The van der Waals surface area contributed by atoms with Crippen LogP contribution in [0.5, 0.6) is 5.75 Å². The van der Waals surface area contributed by atoms with Crippen molar-refractivity contribution in [3.05, 3.63) is 45.9 Å². The molecule has 1 aromatic heterocycles. The molecule has 2 rings (SSSR count). The van der Waals surface area contributed by atoms with Gasteiger partial charge in [0.05, 0.1) is 18.8 Å². The number of nitrogens with one attached hydrogen (secondary N) is 1. The minimum atomic E-state index is -2.50. The number of ether oxygens (including phenoxy) is 2. The van der Waals surface area contributed by atoms with E-state index >= 15 is 0 Å². The number of aliphatic imine (C=N–C) groups is 1. The number of guanidine groups is 1. The molecule has 9 heteroatoms. The maximum atomic E-state index is 12.3. The maximum Gasteiger partial charge on any atom is 0.272 e. The van der Waals surface area contributed by atoms with E-state index in [2.05, 4.69) is 15.3 Å². The number of benzene rings is 1. The van der Waals surface area contributed by atoms with Crippen LogP contribution in [0.15, 0.2) is 34.6 Å². The number of nitrogens with zero attached hydrogens (tertiary/aromatic N) is 3. The Bertz CT molecular complexity index is 785. The Morgan fingerprint density at radius 3 is 2.86 bits per heavy atom. The number of halogens is 2. The third-order valence-electron chi connectivity index (χ3n) is 4.05. The second kappa shape index (κ2) is 11.7. The molecule has 1 atom stereocenters. The minimum absolute atomic E-state index is 0.0273. The van der Waals surface area contributed by atoms with Gasteiger partial charge in [0, 0.05) is 26.1 Å². The molecule has 160 valence electrons. The molecule has 0 aliphatic rings. The molecule has 0 saturated carbocycles. The van der Waals surface area contributed by atoms with Crippen LogP contribution in [0.4, 0.5) is 8.78 Å². The van der Waals surface area contributed by atoms with Gasteiger partial charge in [-0.25, -0.2) is 18.8 Å². The van der Waals surface area contributed by atoms with E-state index < -0.39 is 13.0 Å². The van der Waals surface area contributed by atoms with E-state index in [9.17, 15) is 8.78 Å². The van der Waals surface area contributed by atoms with Gasteiger partial charge in [-0.05, 0) is 31.5 Å². The highest BCUT2D eigenvalue weighted by molar-refractivity contribution is 7.09. The van der Waals surface area contributed by atoms with Crippen LogP contribution in [-0.2, 0) is 17.8 Å². The highest BCUT2D eigenvalue weighted by Crippen LogP contribution is 2.21. The SMILES string of the molecule is CCNC(=NCc1cccc(OCC(F)F)c1)N(C)Cc1csc(C(C)OC)n1. The van der Waals surface area contributed by atoms with E-state index in [4.69, 9.17) is 9.47 Å². The Morgan fingerprint density at radius 2 is 2.17 bits per heavy atom. The molecular weight excluding hydrogens is 398 g/mol. The van der Waals surface area contributed by atoms with Crippen molar-refractivity contribution in [1.29, 1.82) is 0 Å². The van der Waals surface area contributed by atoms with Crippen molar-refractivity contribution < 1.29 is 18.3 Å². The molecule has 0 amide bonds. The van der Waals surface area contributed by atoms with Gasteiger partial charge < -0.3 is 19.7 Å². The van der Waals surface area contributed by atoms with Gasteiger partial charge in [0.15, 0.2) is 5.96 Å². The fourth-order valence-electron chi connectivity index (χ4n) is 2.53. The zero-order chi connectivity index (χ0) is 21.2. The van der Waals surface area contributed by atoms with Crippen molar-refractivity contribution >= 4 is 17.3 Å². The van der Waals surface area contributed by atoms with Crippen LogP contribution in [-0.4, -0.2) is 49.6 Å². The Kier molecular flexibility index (Phi) is 9.27. The molecule has 1 aromatic carbocycles. The number of aromatic nitrogens is 1. The van der Waals surface area contributed by atoms with Crippen LogP contribution in [0.25, 0.3) is 0 Å². The first-order chi connectivity index (χ1) is 13.9. The molecule has 0 spiro atoms. The molecule has 0 bridgehead atoms. The number of methoxy groups -OCH3 is 1. The van der Waals surface area contributed by atoms with Gasteiger partial charge in [-0.15, -0.1) is 11.3 Å². The fraction of sp³-hybridized carbons (Fsp3) is 0.500. The summed E-state index contributed by atoms with van der Waals surface area (Å²) in [5, 5.41) is 6.23. The van der Waals surface area contributed by atoms with Crippen LogP contribution < -0.4 is 10.1 Å². The zero-order valence-corrected chi connectivity index (χ0v) is 18.0. The standard InChI is InChI=1S/C20H28F2N4O2S/c1-5-23-20(26(3)11-16-13-29-19(25-16)14(2)27-4)24-10-15-7-6-8-17(9-15)28-12-18(21)22/h6-9,13-14,18H,5,10-12H2,1-4H3,(H,23,24). The first-order valence-electron chi connectivity index (χ1n) is 9.39. The van der Waals surface area contributed by atoms with E-state index in [0.717, 1.165) is 28.8 Å². The van der Waals surface area contributed by atoms with E-state index in [1.165, 1.54) is 0 Å². The first kappa shape index (κ1) is 23.0. The van der Waals surface area contributed by atoms with E-state index in [-0.39, 0.29) is 6.10 Å². The van der Waals surface area contributed by atoms with Gasteiger partial charge in [0.1, 0.15) is 23.5 Å². The molecule has 0 saturated heterocycles. The van der Waals surface area contributed by atoms with Crippen LogP contribution in [0.3, 0.4) is 0 Å². The Labute approximate surface area is 174 Å². The Balaban J connectivity index is 2.03. The first-order valence-corrected chi connectivity index (χ1v) is 10.3. The summed E-state index contributed by atoms with van der Waals surface area (Å²) in [6.07, 6.45) is -2.52. The van der Waals surface area contributed by atoms with Crippen LogP contribution in [0.1, 0.15) is 36.2 Å². The summed E-state index contributed by atoms with van der Waals surface area (Å²) in [4.78, 5) is 11.3. The van der Waals surface area contributed by atoms with Crippen molar-refractivity contribution in [2.24, 2.45) is 4.99 Å². The van der Waals surface area contributed by atoms with Crippen molar-refractivity contribution in [3.8, 4) is 5.75 Å². The second-order valence-electron chi connectivity index (χ2n) is 6.43. The van der Waals surface area contributed by atoms with Gasteiger partial charge in [0.25, 0.3) is 6.43 Å². The summed E-state index contributed by atoms with van der Waals surface area (Å²) in [5.74, 6) is 1.15. The average molecular weight is 427 g/mol.